The summed E-state index contributed by atoms with van der Waals surface area (Å²) in [6, 6.07) is 0. The molecule has 1 rings (SSSR count). The highest BCUT2D eigenvalue weighted by atomic mass is 16.5. The van der Waals surface area contributed by atoms with Crippen LogP contribution in [0.1, 0.15) is 33.4 Å². The smallest absolute Gasteiger partial charge is 0.232 e. The van der Waals surface area contributed by atoms with Crippen LogP contribution < -0.4 is 10.1 Å². The Morgan fingerprint density at radius 3 is 2.59 bits per heavy atom. The molecule has 1 N–H and O–H groups in total. The maximum Gasteiger partial charge on any atom is 0.232 e. The molecule has 0 radical (unpaired) electrons. The molecule has 96 valence electrons. The van der Waals surface area contributed by atoms with Crippen molar-refractivity contribution in [2.45, 2.75) is 34.2 Å². The second kappa shape index (κ2) is 7.22. The van der Waals surface area contributed by atoms with Crippen LogP contribution >= 0.6 is 0 Å². The molecule has 17 heavy (non-hydrogen) atoms. The largest absolute Gasteiger partial charge is 0.476 e. The summed E-state index contributed by atoms with van der Waals surface area (Å²) in [5.74, 6) is 1.76. The summed E-state index contributed by atoms with van der Waals surface area (Å²) in [4.78, 5) is 8.53. The predicted molar refractivity (Wildman–Crippen MR) is 68.9 cm³/mol. The second-order valence-electron chi connectivity index (χ2n) is 5.08. The fraction of sp³-hybridized carbons (Fsp3) is 0.692. The molecule has 0 aromatic carbocycles. The Kier molecular flexibility index (Phi) is 5.91. The van der Waals surface area contributed by atoms with Crippen molar-refractivity contribution >= 4 is 0 Å². The fourth-order valence-electron chi connectivity index (χ4n) is 1.28. The van der Waals surface area contributed by atoms with E-state index in [2.05, 4.69) is 43.0 Å². The minimum Gasteiger partial charge on any atom is -0.476 e. The summed E-state index contributed by atoms with van der Waals surface area (Å²) >= 11 is 0. The first-order valence-electron chi connectivity index (χ1n) is 6.22. The Bertz CT molecular complexity index is 326. The summed E-state index contributed by atoms with van der Waals surface area (Å²) in [5.41, 5.74) is 0.923. The van der Waals surface area contributed by atoms with Crippen molar-refractivity contribution in [3.05, 3.63) is 18.1 Å². The van der Waals surface area contributed by atoms with Gasteiger partial charge in [-0.25, -0.2) is 4.98 Å². The number of aromatic nitrogens is 2. The average Bonchev–Trinajstić information content (AvgIpc) is 2.26. The minimum absolute atomic E-state index is 0.500. The Balaban J connectivity index is 2.42. The molecule has 0 aliphatic rings. The molecule has 4 heteroatoms. The Morgan fingerprint density at radius 2 is 1.94 bits per heavy atom. The molecule has 0 saturated heterocycles. The zero-order valence-electron chi connectivity index (χ0n) is 11.2. The maximum absolute atomic E-state index is 5.53. The van der Waals surface area contributed by atoms with E-state index in [-0.39, 0.29) is 0 Å². The lowest BCUT2D eigenvalue weighted by Crippen LogP contribution is -2.20. The van der Waals surface area contributed by atoms with Gasteiger partial charge in [0, 0.05) is 12.7 Å². The van der Waals surface area contributed by atoms with Gasteiger partial charge in [-0.05, 0) is 18.4 Å². The van der Waals surface area contributed by atoms with Crippen LogP contribution in [0.5, 0.6) is 5.88 Å². The van der Waals surface area contributed by atoms with Gasteiger partial charge in [-0.3, -0.25) is 4.98 Å². The lowest BCUT2D eigenvalue weighted by Gasteiger charge is -2.09. The van der Waals surface area contributed by atoms with Gasteiger partial charge < -0.3 is 10.1 Å². The standard InChI is InChI=1S/C13H23N3O/c1-10(2)5-14-6-12-7-15-8-13(16-12)17-9-11(3)4/h7-8,10-11,14H,5-6,9H2,1-4H3. The summed E-state index contributed by atoms with van der Waals surface area (Å²) in [7, 11) is 0. The van der Waals surface area contributed by atoms with Crippen molar-refractivity contribution < 1.29 is 4.74 Å². The number of hydrogen-bond acceptors (Lipinski definition) is 4. The van der Waals surface area contributed by atoms with E-state index in [0.717, 1.165) is 18.8 Å². The zero-order valence-corrected chi connectivity index (χ0v) is 11.2. The minimum atomic E-state index is 0.500. The van der Waals surface area contributed by atoms with Crippen LogP contribution in [0.2, 0.25) is 0 Å². The van der Waals surface area contributed by atoms with Gasteiger partial charge in [0.1, 0.15) is 0 Å². The first-order chi connectivity index (χ1) is 8.08. The van der Waals surface area contributed by atoms with E-state index in [0.29, 0.717) is 24.3 Å². The molecule has 0 saturated carbocycles. The summed E-state index contributed by atoms with van der Waals surface area (Å²) < 4.78 is 5.53. The summed E-state index contributed by atoms with van der Waals surface area (Å²) in [6.45, 7) is 11.0. The molecular weight excluding hydrogens is 214 g/mol. The highest BCUT2D eigenvalue weighted by molar-refractivity contribution is 5.08. The molecule has 0 aliphatic carbocycles. The highest BCUT2D eigenvalue weighted by Gasteiger charge is 2.02. The van der Waals surface area contributed by atoms with Crippen molar-refractivity contribution in [1.82, 2.24) is 15.3 Å². The Morgan fingerprint density at radius 1 is 1.18 bits per heavy atom. The molecule has 0 bridgehead atoms. The lowest BCUT2D eigenvalue weighted by atomic mass is 10.2. The van der Waals surface area contributed by atoms with E-state index in [4.69, 9.17) is 4.74 Å². The average molecular weight is 237 g/mol. The van der Waals surface area contributed by atoms with Gasteiger partial charge in [0.05, 0.1) is 18.5 Å². The number of rotatable bonds is 7. The molecule has 4 nitrogen and oxygen atoms in total. The number of hydrogen-bond donors (Lipinski definition) is 1. The molecule has 0 aliphatic heterocycles. The van der Waals surface area contributed by atoms with Crippen molar-refractivity contribution in [2.24, 2.45) is 11.8 Å². The maximum atomic E-state index is 5.53. The third kappa shape index (κ3) is 6.22. The number of nitrogens with one attached hydrogen (secondary N) is 1. The van der Waals surface area contributed by atoms with Crippen molar-refractivity contribution in [3.63, 3.8) is 0 Å². The van der Waals surface area contributed by atoms with Crippen molar-refractivity contribution in [2.75, 3.05) is 13.2 Å². The fourth-order valence-corrected chi connectivity index (χ4v) is 1.28. The van der Waals surface area contributed by atoms with Gasteiger partial charge in [0.2, 0.25) is 5.88 Å². The van der Waals surface area contributed by atoms with Gasteiger partial charge >= 0.3 is 0 Å². The normalized spacial score (nSPS) is 11.2. The topological polar surface area (TPSA) is 47.0 Å². The highest BCUT2D eigenvalue weighted by Crippen LogP contribution is 2.06. The molecule has 1 aromatic heterocycles. The quantitative estimate of drug-likeness (QED) is 0.790. The first kappa shape index (κ1) is 13.9. The molecule has 0 fully saturated rings. The monoisotopic (exact) mass is 237 g/mol. The van der Waals surface area contributed by atoms with Crippen LogP contribution in [0.3, 0.4) is 0 Å². The molecule has 0 unspecified atom stereocenters. The van der Waals surface area contributed by atoms with E-state index in [1.165, 1.54) is 0 Å². The van der Waals surface area contributed by atoms with Crippen molar-refractivity contribution in [1.29, 1.82) is 0 Å². The second-order valence-corrected chi connectivity index (χ2v) is 5.08. The van der Waals surface area contributed by atoms with E-state index < -0.39 is 0 Å². The summed E-state index contributed by atoms with van der Waals surface area (Å²) in [5, 5.41) is 3.34. The third-order valence-electron chi connectivity index (χ3n) is 2.09. The first-order valence-corrected chi connectivity index (χ1v) is 6.22. The van der Waals surface area contributed by atoms with Crippen LogP contribution in [0.25, 0.3) is 0 Å². The van der Waals surface area contributed by atoms with Crippen LogP contribution in [-0.2, 0) is 6.54 Å². The zero-order chi connectivity index (χ0) is 12.7. The molecule has 1 heterocycles. The van der Waals surface area contributed by atoms with Crippen LogP contribution in [-0.4, -0.2) is 23.1 Å². The molecule has 0 spiro atoms. The van der Waals surface area contributed by atoms with E-state index in [1.54, 1.807) is 12.4 Å². The van der Waals surface area contributed by atoms with Crippen LogP contribution in [0, 0.1) is 11.8 Å². The molecule has 1 aromatic rings. The number of ether oxygens (including phenoxy) is 1. The van der Waals surface area contributed by atoms with Gasteiger partial charge in [-0.2, -0.15) is 0 Å². The van der Waals surface area contributed by atoms with Gasteiger partial charge in [-0.15, -0.1) is 0 Å². The van der Waals surface area contributed by atoms with E-state index in [9.17, 15) is 0 Å². The summed E-state index contributed by atoms with van der Waals surface area (Å²) in [6.07, 6.45) is 3.43. The van der Waals surface area contributed by atoms with Gasteiger partial charge in [0.25, 0.3) is 0 Å². The Labute approximate surface area is 104 Å². The third-order valence-corrected chi connectivity index (χ3v) is 2.09. The van der Waals surface area contributed by atoms with E-state index >= 15 is 0 Å². The molecule has 0 atom stereocenters. The van der Waals surface area contributed by atoms with Gasteiger partial charge in [-0.1, -0.05) is 27.7 Å². The van der Waals surface area contributed by atoms with Crippen LogP contribution in [0.15, 0.2) is 12.4 Å². The number of nitrogens with zero attached hydrogens (tertiary/aromatic N) is 2. The molecule has 0 amide bonds. The van der Waals surface area contributed by atoms with E-state index in [1.807, 2.05) is 0 Å². The molecular formula is C13H23N3O. The van der Waals surface area contributed by atoms with Crippen molar-refractivity contribution in [3.8, 4) is 5.88 Å². The van der Waals surface area contributed by atoms with Crippen LogP contribution in [0.4, 0.5) is 0 Å². The Hall–Kier alpha value is -1.16. The van der Waals surface area contributed by atoms with Gasteiger partial charge in [0.15, 0.2) is 0 Å². The predicted octanol–water partition coefficient (Wildman–Crippen LogP) is 2.26. The SMILES string of the molecule is CC(C)CNCc1cncc(OCC(C)C)n1. The lowest BCUT2D eigenvalue weighted by molar-refractivity contribution is 0.259.